The monoisotopic (exact) mass is 755 g/mol. The lowest BCUT2D eigenvalue weighted by Gasteiger charge is -2.28. The molecule has 6 rings (SSSR count). The normalized spacial score (nSPS) is 13.8. The summed E-state index contributed by atoms with van der Waals surface area (Å²) < 4.78 is 58.1. The van der Waals surface area contributed by atoms with Gasteiger partial charge in [-0.05, 0) is 84.9 Å². The quantitative estimate of drug-likeness (QED) is 0.119. The number of carbonyl (C=O) groups is 1. The number of aryl methyl sites for hydroxylation is 2. The van der Waals surface area contributed by atoms with Gasteiger partial charge >= 0.3 is 0 Å². The Morgan fingerprint density at radius 1 is 0.796 bits per heavy atom. The van der Waals surface area contributed by atoms with E-state index < -0.39 is 27.2 Å². The van der Waals surface area contributed by atoms with E-state index in [1.54, 1.807) is 50.2 Å². The number of fused-ring (bicyclic) bond motifs is 1. The standard InChI is InChI=1S/C42H47F2N5O4S/c1-3-46(4-2)27-28-47(29-31-15-17-32(18-16-31)33-19-22-35(23-20-33)54(52,53)48-25-8-5-9-26-48)40(50)30-49-38-14-7-6-12-36(38)42(51)45-39(49)24-21-34-11-10-13-37(43)41(34)44/h6-7,10-20,22-23H,3-5,8-9,21,24-30H2,1-2H3. The number of para-hydroxylation sites is 1. The second kappa shape index (κ2) is 17.6. The van der Waals surface area contributed by atoms with E-state index in [1.165, 1.54) is 12.1 Å². The summed E-state index contributed by atoms with van der Waals surface area (Å²) in [5.74, 6) is -1.74. The van der Waals surface area contributed by atoms with Gasteiger partial charge in [-0.1, -0.05) is 80.9 Å². The molecule has 1 aromatic heterocycles. The topological polar surface area (TPSA) is 95.8 Å². The number of aromatic nitrogens is 2. The molecule has 0 atom stereocenters. The van der Waals surface area contributed by atoms with E-state index in [9.17, 15) is 26.8 Å². The number of likely N-dealkylation sites (N-methyl/N-ethyl adjacent to an activating group) is 1. The van der Waals surface area contributed by atoms with Crippen molar-refractivity contribution in [2.45, 2.75) is 63.9 Å². The fourth-order valence-corrected chi connectivity index (χ4v) is 8.56. The van der Waals surface area contributed by atoms with Crippen LogP contribution < -0.4 is 5.56 Å². The number of piperidine rings is 1. The smallest absolute Gasteiger partial charge is 0.280 e. The third-order valence-electron chi connectivity index (χ3n) is 10.3. The van der Waals surface area contributed by atoms with E-state index in [0.29, 0.717) is 54.3 Å². The van der Waals surface area contributed by atoms with Crippen LogP contribution in [0.15, 0.2) is 101 Å². The number of hydrogen-bond acceptors (Lipinski definition) is 6. The highest BCUT2D eigenvalue weighted by Gasteiger charge is 2.26. The van der Waals surface area contributed by atoms with E-state index >= 15 is 0 Å². The molecule has 0 aliphatic carbocycles. The molecule has 1 saturated heterocycles. The number of rotatable bonds is 15. The second-order valence-corrected chi connectivity index (χ2v) is 15.6. The molecule has 1 amide bonds. The minimum Gasteiger partial charge on any atom is -0.336 e. The molecule has 0 unspecified atom stereocenters. The molecule has 12 heteroatoms. The average Bonchev–Trinajstić information content (AvgIpc) is 3.20. The number of carbonyl (C=O) groups excluding carboxylic acids is 1. The number of amides is 1. The van der Waals surface area contributed by atoms with Crippen molar-refractivity contribution in [3.05, 3.63) is 130 Å². The van der Waals surface area contributed by atoms with Gasteiger partial charge in [0.05, 0.1) is 15.8 Å². The van der Waals surface area contributed by atoms with E-state index in [2.05, 4.69) is 23.7 Å². The van der Waals surface area contributed by atoms with Crippen molar-refractivity contribution in [3.63, 3.8) is 0 Å². The predicted molar refractivity (Wildman–Crippen MR) is 207 cm³/mol. The molecule has 0 saturated carbocycles. The minimum absolute atomic E-state index is 0.0948. The molecular weight excluding hydrogens is 709 g/mol. The van der Waals surface area contributed by atoms with E-state index in [4.69, 9.17) is 0 Å². The molecule has 2 heterocycles. The summed E-state index contributed by atoms with van der Waals surface area (Å²) in [6.07, 6.45) is 3.03. The van der Waals surface area contributed by atoms with Gasteiger partial charge < -0.3 is 14.4 Å². The number of sulfonamides is 1. The Balaban J connectivity index is 1.23. The zero-order chi connectivity index (χ0) is 38.2. The van der Waals surface area contributed by atoms with Crippen LogP contribution in [-0.4, -0.2) is 77.2 Å². The van der Waals surface area contributed by atoms with Crippen molar-refractivity contribution in [2.24, 2.45) is 0 Å². The maximum absolute atomic E-state index is 14.6. The Hall–Kier alpha value is -4.78. The maximum atomic E-state index is 14.6. The predicted octanol–water partition coefficient (Wildman–Crippen LogP) is 6.67. The highest BCUT2D eigenvalue weighted by Crippen LogP contribution is 2.26. The number of nitrogens with zero attached hydrogens (tertiary/aromatic N) is 5. The largest absolute Gasteiger partial charge is 0.336 e. The van der Waals surface area contributed by atoms with Crippen molar-refractivity contribution in [1.82, 2.24) is 23.7 Å². The highest BCUT2D eigenvalue weighted by atomic mass is 32.2. The van der Waals surface area contributed by atoms with Crippen molar-refractivity contribution >= 4 is 26.8 Å². The fraction of sp³-hybridized carbons (Fsp3) is 0.357. The summed E-state index contributed by atoms with van der Waals surface area (Å²) in [5, 5.41) is 0.369. The van der Waals surface area contributed by atoms with Crippen molar-refractivity contribution in [3.8, 4) is 11.1 Å². The van der Waals surface area contributed by atoms with Crippen LogP contribution in [0.2, 0.25) is 0 Å². The summed E-state index contributed by atoms with van der Waals surface area (Å²) in [5.41, 5.74) is 2.99. The first kappa shape index (κ1) is 38.9. The maximum Gasteiger partial charge on any atom is 0.280 e. The molecule has 1 aliphatic rings. The lowest BCUT2D eigenvalue weighted by atomic mass is 10.0. The van der Waals surface area contributed by atoms with Gasteiger partial charge in [0.1, 0.15) is 12.4 Å². The zero-order valence-corrected chi connectivity index (χ0v) is 31.7. The first-order valence-electron chi connectivity index (χ1n) is 18.7. The zero-order valence-electron chi connectivity index (χ0n) is 30.9. The van der Waals surface area contributed by atoms with Gasteiger partial charge in [0.15, 0.2) is 11.6 Å². The Bertz CT molecular complexity index is 2230. The molecule has 9 nitrogen and oxygen atoms in total. The van der Waals surface area contributed by atoms with Crippen LogP contribution in [0.3, 0.4) is 0 Å². The van der Waals surface area contributed by atoms with Gasteiger partial charge in [-0.2, -0.15) is 9.29 Å². The molecule has 1 fully saturated rings. The second-order valence-electron chi connectivity index (χ2n) is 13.7. The molecule has 284 valence electrons. The molecule has 54 heavy (non-hydrogen) atoms. The van der Waals surface area contributed by atoms with Gasteiger partial charge in [-0.3, -0.25) is 9.59 Å². The average molecular weight is 756 g/mol. The summed E-state index contributed by atoms with van der Waals surface area (Å²) in [6, 6.07) is 25.9. The molecule has 0 bridgehead atoms. The van der Waals surface area contributed by atoms with Gasteiger partial charge in [0.25, 0.3) is 5.56 Å². The van der Waals surface area contributed by atoms with Crippen LogP contribution in [0.1, 0.15) is 50.1 Å². The van der Waals surface area contributed by atoms with Gasteiger partial charge in [-0.15, -0.1) is 0 Å². The summed E-state index contributed by atoms with van der Waals surface area (Å²) in [6.45, 7) is 8.30. The van der Waals surface area contributed by atoms with Crippen LogP contribution in [0, 0.1) is 11.6 Å². The van der Waals surface area contributed by atoms with Crippen LogP contribution >= 0.6 is 0 Å². The summed E-state index contributed by atoms with van der Waals surface area (Å²) in [7, 11) is -3.52. The molecule has 4 aromatic carbocycles. The Morgan fingerprint density at radius 3 is 2.15 bits per heavy atom. The van der Waals surface area contributed by atoms with Crippen LogP contribution in [0.25, 0.3) is 22.0 Å². The van der Waals surface area contributed by atoms with Gasteiger partial charge in [0, 0.05) is 39.1 Å². The van der Waals surface area contributed by atoms with Crippen molar-refractivity contribution in [2.75, 3.05) is 39.3 Å². The molecule has 5 aromatic rings. The Kier molecular flexibility index (Phi) is 12.7. The van der Waals surface area contributed by atoms with Crippen LogP contribution in [0.5, 0.6) is 0 Å². The molecule has 1 aliphatic heterocycles. The van der Waals surface area contributed by atoms with Gasteiger partial charge in [0.2, 0.25) is 15.9 Å². The highest BCUT2D eigenvalue weighted by molar-refractivity contribution is 7.89. The lowest BCUT2D eigenvalue weighted by molar-refractivity contribution is -0.132. The first-order chi connectivity index (χ1) is 26.1. The SMILES string of the molecule is CCN(CC)CCN(Cc1ccc(-c2ccc(S(=O)(=O)N3CCCCC3)cc2)cc1)C(=O)Cn1c(CCc2cccc(F)c2F)nc(=O)c2ccccc21. The fourth-order valence-electron chi connectivity index (χ4n) is 7.05. The molecular formula is C42H47F2N5O4S. The third-order valence-corrected chi connectivity index (χ3v) is 12.2. The summed E-state index contributed by atoms with van der Waals surface area (Å²) >= 11 is 0. The number of benzene rings is 4. The van der Waals surface area contributed by atoms with E-state index in [1.807, 2.05) is 36.4 Å². The first-order valence-corrected chi connectivity index (χ1v) is 20.1. The van der Waals surface area contributed by atoms with Crippen molar-refractivity contribution in [1.29, 1.82) is 0 Å². The molecule has 0 radical (unpaired) electrons. The number of halogens is 2. The third kappa shape index (κ3) is 8.94. The summed E-state index contributed by atoms with van der Waals surface area (Å²) in [4.78, 5) is 36.0. The Morgan fingerprint density at radius 2 is 1.46 bits per heavy atom. The van der Waals surface area contributed by atoms with Gasteiger partial charge in [-0.25, -0.2) is 17.2 Å². The molecule has 0 spiro atoms. The van der Waals surface area contributed by atoms with Crippen LogP contribution in [-0.2, 0) is 40.7 Å². The van der Waals surface area contributed by atoms with Crippen molar-refractivity contribution < 1.29 is 22.0 Å². The minimum atomic E-state index is -3.52. The van der Waals surface area contributed by atoms with E-state index in [-0.39, 0.29) is 30.9 Å². The van der Waals surface area contributed by atoms with E-state index in [0.717, 1.165) is 55.1 Å². The Labute approximate surface area is 315 Å². The number of hydrogen-bond donors (Lipinski definition) is 0. The molecule has 0 N–H and O–H groups in total. The van der Waals surface area contributed by atoms with Crippen LogP contribution in [0.4, 0.5) is 8.78 Å². The lowest BCUT2D eigenvalue weighted by Crippen LogP contribution is -2.40.